The van der Waals surface area contributed by atoms with Crippen molar-refractivity contribution in [1.82, 2.24) is 0 Å². The molecule has 0 aliphatic heterocycles. The van der Waals surface area contributed by atoms with Gasteiger partial charge in [0.15, 0.2) is 5.78 Å². The minimum absolute atomic E-state index is 0.105. The van der Waals surface area contributed by atoms with Crippen molar-refractivity contribution < 1.29 is 24.9 Å². The molecule has 0 spiro atoms. The maximum absolute atomic E-state index is 11.7. The number of fused-ring (bicyclic) bond motifs is 1. The summed E-state index contributed by atoms with van der Waals surface area (Å²) in [4.78, 5) is 11.7. The van der Waals surface area contributed by atoms with Crippen LogP contribution in [0.25, 0.3) is 0 Å². The van der Waals surface area contributed by atoms with E-state index in [1.807, 2.05) is 0 Å². The Morgan fingerprint density at radius 2 is 2.24 bits per heavy atom. The van der Waals surface area contributed by atoms with Crippen LogP contribution in [-0.2, 0) is 6.61 Å². The van der Waals surface area contributed by atoms with Crippen LogP contribution in [0.15, 0.2) is 6.07 Å². The predicted octanol–water partition coefficient (Wildman–Crippen LogP) is 0.903. The topological polar surface area (TPSA) is 87.0 Å². The number of carbonyl (C=O) groups is 1. The molecule has 0 bridgehead atoms. The van der Waals surface area contributed by atoms with Gasteiger partial charge in [0.25, 0.3) is 0 Å². The molecule has 0 aromatic heterocycles. The number of rotatable bonds is 2. The van der Waals surface area contributed by atoms with Crippen LogP contribution in [0.5, 0.6) is 11.5 Å². The molecule has 0 saturated heterocycles. The van der Waals surface area contributed by atoms with Gasteiger partial charge in [0.2, 0.25) is 0 Å². The number of Topliss-reactive ketones (excluding diaryl/α,β-unsaturated/α-hetero) is 1. The highest BCUT2D eigenvalue weighted by atomic mass is 16.5. The van der Waals surface area contributed by atoms with Crippen LogP contribution in [0.1, 0.15) is 40.4 Å². The molecule has 5 nitrogen and oxygen atoms in total. The molecule has 1 aromatic carbocycles. The number of phenols is 1. The largest absolute Gasteiger partial charge is 0.507 e. The number of aliphatic hydroxyl groups is 2. The minimum atomic E-state index is -0.782. The maximum Gasteiger partial charge on any atom is 0.167 e. The summed E-state index contributed by atoms with van der Waals surface area (Å²) >= 11 is 0. The lowest BCUT2D eigenvalue weighted by molar-refractivity contribution is 0.0891. The molecule has 1 aliphatic carbocycles. The molecule has 1 aliphatic rings. The average molecular weight is 238 g/mol. The van der Waals surface area contributed by atoms with E-state index in [-0.39, 0.29) is 34.8 Å². The van der Waals surface area contributed by atoms with Crippen molar-refractivity contribution in [3.63, 3.8) is 0 Å². The second-order valence-corrected chi connectivity index (χ2v) is 4.01. The van der Waals surface area contributed by atoms with Crippen molar-refractivity contribution in [3.05, 3.63) is 22.8 Å². The van der Waals surface area contributed by atoms with Gasteiger partial charge < -0.3 is 20.1 Å². The summed E-state index contributed by atoms with van der Waals surface area (Å²) < 4.78 is 5.02. The summed E-state index contributed by atoms with van der Waals surface area (Å²) in [6, 6.07) is 1.50. The van der Waals surface area contributed by atoms with Crippen LogP contribution in [0, 0.1) is 0 Å². The summed E-state index contributed by atoms with van der Waals surface area (Å²) in [5.74, 6) is -0.233. The summed E-state index contributed by atoms with van der Waals surface area (Å²) in [6.45, 7) is -0.425. The average Bonchev–Trinajstić information content (AvgIpc) is 2.33. The zero-order chi connectivity index (χ0) is 12.6. The van der Waals surface area contributed by atoms with Gasteiger partial charge in [-0.2, -0.15) is 0 Å². The number of ether oxygens (including phenoxy) is 1. The molecule has 0 unspecified atom stereocenters. The lowest BCUT2D eigenvalue weighted by Gasteiger charge is -2.23. The first-order valence-electron chi connectivity index (χ1n) is 5.35. The van der Waals surface area contributed by atoms with Crippen LogP contribution in [0.4, 0.5) is 0 Å². The Labute approximate surface area is 98.3 Å². The third-order valence-corrected chi connectivity index (χ3v) is 3.06. The Bertz CT molecular complexity index is 466. The van der Waals surface area contributed by atoms with E-state index in [1.165, 1.54) is 13.2 Å². The van der Waals surface area contributed by atoms with Crippen LogP contribution in [0.3, 0.4) is 0 Å². The highest BCUT2D eigenvalue weighted by molar-refractivity contribution is 6.01. The van der Waals surface area contributed by atoms with E-state index in [1.54, 1.807) is 0 Å². The van der Waals surface area contributed by atoms with Crippen LogP contribution in [-0.4, -0.2) is 28.2 Å². The first-order chi connectivity index (χ1) is 8.10. The Morgan fingerprint density at radius 3 is 2.82 bits per heavy atom. The lowest BCUT2D eigenvalue weighted by atomic mass is 9.86. The molecule has 0 saturated carbocycles. The van der Waals surface area contributed by atoms with Crippen LogP contribution >= 0.6 is 0 Å². The minimum Gasteiger partial charge on any atom is -0.507 e. The van der Waals surface area contributed by atoms with Crippen LogP contribution in [0.2, 0.25) is 0 Å². The third-order valence-electron chi connectivity index (χ3n) is 3.06. The molecule has 0 heterocycles. The van der Waals surface area contributed by atoms with Gasteiger partial charge in [-0.15, -0.1) is 0 Å². The Kier molecular flexibility index (Phi) is 3.04. The van der Waals surface area contributed by atoms with Gasteiger partial charge >= 0.3 is 0 Å². The molecule has 1 aromatic rings. The highest BCUT2D eigenvalue weighted by Gasteiger charge is 2.30. The summed E-state index contributed by atoms with van der Waals surface area (Å²) in [5, 5.41) is 28.9. The number of hydrogen-bond donors (Lipinski definition) is 3. The van der Waals surface area contributed by atoms with Crippen LogP contribution < -0.4 is 4.74 Å². The molecule has 92 valence electrons. The van der Waals surface area contributed by atoms with Crippen molar-refractivity contribution in [2.45, 2.75) is 25.6 Å². The van der Waals surface area contributed by atoms with Crippen molar-refractivity contribution >= 4 is 5.78 Å². The molecular weight excluding hydrogens is 224 g/mol. The molecule has 5 heteroatoms. The molecular formula is C12H14O5. The van der Waals surface area contributed by atoms with Gasteiger partial charge in [-0.1, -0.05) is 0 Å². The normalized spacial score (nSPS) is 19.0. The Morgan fingerprint density at radius 1 is 1.53 bits per heavy atom. The molecule has 0 fully saturated rings. The van der Waals surface area contributed by atoms with E-state index >= 15 is 0 Å². The zero-order valence-corrected chi connectivity index (χ0v) is 9.43. The fourth-order valence-electron chi connectivity index (χ4n) is 2.14. The Hall–Kier alpha value is -1.59. The van der Waals surface area contributed by atoms with Gasteiger partial charge in [-0.25, -0.2) is 0 Å². The molecule has 1 atom stereocenters. The predicted molar refractivity (Wildman–Crippen MR) is 59.1 cm³/mol. The van der Waals surface area contributed by atoms with E-state index in [0.29, 0.717) is 12.0 Å². The lowest BCUT2D eigenvalue weighted by Crippen LogP contribution is -2.17. The van der Waals surface area contributed by atoms with Crippen molar-refractivity contribution in [3.8, 4) is 11.5 Å². The number of carbonyl (C=O) groups excluding carboxylic acids is 1. The third kappa shape index (κ3) is 1.77. The van der Waals surface area contributed by atoms with E-state index < -0.39 is 12.7 Å². The quantitative estimate of drug-likeness (QED) is 0.712. The van der Waals surface area contributed by atoms with Gasteiger partial charge in [-0.3, -0.25) is 4.79 Å². The van der Waals surface area contributed by atoms with E-state index in [9.17, 15) is 20.1 Å². The maximum atomic E-state index is 11.7. The fraction of sp³-hybridized carbons (Fsp3) is 0.417. The van der Waals surface area contributed by atoms with Gasteiger partial charge in [-0.05, 0) is 18.1 Å². The summed E-state index contributed by atoms with van der Waals surface area (Å²) in [6.07, 6.45) is -0.249. The van der Waals surface area contributed by atoms with Gasteiger partial charge in [0.05, 0.1) is 30.9 Å². The fourth-order valence-corrected chi connectivity index (χ4v) is 2.14. The summed E-state index contributed by atoms with van der Waals surface area (Å²) in [5.41, 5.74) is 0.648. The number of methoxy groups -OCH3 is 1. The van der Waals surface area contributed by atoms with E-state index in [0.717, 1.165) is 0 Å². The van der Waals surface area contributed by atoms with Gasteiger partial charge in [0, 0.05) is 6.42 Å². The van der Waals surface area contributed by atoms with Crippen molar-refractivity contribution in [2.75, 3.05) is 7.11 Å². The molecule has 0 radical (unpaired) electrons. The summed E-state index contributed by atoms with van der Waals surface area (Å²) in [7, 11) is 1.40. The molecule has 2 rings (SSSR count). The molecule has 0 amide bonds. The monoisotopic (exact) mass is 238 g/mol. The Balaban J connectivity index is 2.70. The second-order valence-electron chi connectivity index (χ2n) is 4.01. The van der Waals surface area contributed by atoms with E-state index in [4.69, 9.17) is 4.74 Å². The van der Waals surface area contributed by atoms with Gasteiger partial charge in [0.1, 0.15) is 11.5 Å². The number of benzene rings is 1. The van der Waals surface area contributed by atoms with Crippen molar-refractivity contribution in [2.24, 2.45) is 0 Å². The number of ketones is 1. The van der Waals surface area contributed by atoms with Crippen molar-refractivity contribution in [1.29, 1.82) is 0 Å². The number of aliphatic hydroxyl groups excluding tert-OH is 2. The first kappa shape index (κ1) is 11.9. The molecule has 17 heavy (non-hydrogen) atoms. The standard InChI is InChI=1S/C12H14O5/c1-17-10-4-6-8(14)2-3-9(15)11(6)12(16)7(10)5-13/h4,8,13-14,16H,2-3,5H2,1H3/t8-/m1/s1. The number of aromatic hydroxyl groups is 1. The first-order valence-corrected chi connectivity index (χ1v) is 5.35. The highest BCUT2D eigenvalue weighted by Crippen LogP contribution is 2.41. The van der Waals surface area contributed by atoms with E-state index in [2.05, 4.69) is 0 Å². The SMILES string of the molecule is COc1cc2c(c(O)c1CO)C(=O)CC[C@H]2O. The second kappa shape index (κ2) is 4.35. The number of hydrogen-bond acceptors (Lipinski definition) is 5. The zero-order valence-electron chi connectivity index (χ0n) is 9.43. The smallest absolute Gasteiger partial charge is 0.167 e. The molecule has 3 N–H and O–H groups in total.